The van der Waals surface area contributed by atoms with Gasteiger partial charge in [0.15, 0.2) is 0 Å². The van der Waals surface area contributed by atoms with Gasteiger partial charge in [-0.2, -0.15) is 5.26 Å². The lowest BCUT2D eigenvalue weighted by Gasteiger charge is -2.45. The zero-order chi connectivity index (χ0) is 13.1. The average molecular weight is 254 g/mol. The summed E-state index contributed by atoms with van der Waals surface area (Å²) in [6.07, 6.45) is 7.18. The molecule has 1 aliphatic carbocycles. The van der Waals surface area contributed by atoms with Crippen molar-refractivity contribution < 1.29 is 0 Å². The first-order valence-electron chi connectivity index (χ1n) is 7.58. The molecule has 19 heavy (non-hydrogen) atoms. The molecule has 0 spiro atoms. The molecule has 0 bridgehead atoms. The van der Waals surface area contributed by atoms with Crippen LogP contribution >= 0.6 is 0 Å². The van der Waals surface area contributed by atoms with E-state index in [4.69, 9.17) is 0 Å². The van der Waals surface area contributed by atoms with Crippen molar-refractivity contribution in [3.05, 3.63) is 35.9 Å². The minimum atomic E-state index is -0.240. The lowest BCUT2D eigenvalue weighted by Crippen LogP contribution is -2.52. The fourth-order valence-electron chi connectivity index (χ4n) is 3.98. The van der Waals surface area contributed by atoms with Crippen molar-refractivity contribution in [2.24, 2.45) is 0 Å². The van der Waals surface area contributed by atoms with Gasteiger partial charge in [0, 0.05) is 5.92 Å². The smallest absolute Gasteiger partial charge is 0.116 e. The SMILES string of the molecule is N#CC1(N2CCCC2)CCCCC1c1ccccc1. The minimum absolute atomic E-state index is 0.240. The summed E-state index contributed by atoms with van der Waals surface area (Å²) in [6, 6.07) is 13.4. The maximum atomic E-state index is 9.94. The molecule has 0 radical (unpaired) electrons. The van der Waals surface area contributed by atoms with E-state index in [0.29, 0.717) is 5.92 Å². The van der Waals surface area contributed by atoms with Crippen molar-refractivity contribution in [3.63, 3.8) is 0 Å². The summed E-state index contributed by atoms with van der Waals surface area (Å²) < 4.78 is 0. The van der Waals surface area contributed by atoms with Crippen LogP contribution in [0.1, 0.15) is 50.0 Å². The van der Waals surface area contributed by atoms with Gasteiger partial charge in [0.05, 0.1) is 6.07 Å². The molecule has 2 nitrogen and oxygen atoms in total. The van der Waals surface area contributed by atoms with E-state index in [9.17, 15) is 5.26 Å². The highest BCUT2D eigenvalue weighted by Crippen LogP contribution is 2.45. The molecule has 2 fully saturated rings. The summed E-state index contributed by atoms with van der Waals surface area (Å²) in [6.45, 7) is 2.22. The molecule has 1 saturated heterocycles. The molecule has 2 aliphatic rings. The molecule has 1 aliphatic heterocycles. The van der Waals surface area contributed by atoms with E-state index >= 15 is 0 Å². The molecular weight excluding hydrogens is 232 g/mol. The van der Waals surface area contributed by atoms with Crippen molar-refractivity contribution in [1.29, 1.82) is 5.26 Å². The summed E-state index contributed by atoms with van der Waals surface area (Å²) in [5.74, 6) is 0.394. The van der Waals surface area contributed by atoms with E-state index in [1.165, 1.54) is 31.2 Å². The molecule has 0 amide bonds. The lowest BCUT2D eigenvalue weighted by atomic mass is 9.69. The maximum absolute atomic E-state index is 9.94. The number of rotatable bonds is 2. The third kappa shape index (κ3) is 2.17. The van der Waals surface area contributed by atoms with Crippen LogP contribution in [0, 0.1) is 11.3 Å². The zero-order valence-corrected chi connectivity index (χ0v) is 11.5. The Hall–Kier alpha value is -1.33. The molecule has 2 heteroatoms. The van der Waals surface area contributed by atoms with E-state index in [0.717, 1.165) is 25.9 Å². The first kappa shape index (κ1) is 12.7. The molecule has 2 unspecified atom stereocenters. The van der Waals surface area contributed by atoms with Gasteiger partial charge in [0.25, 0.3) is 0 Å². The Morgan fingerprint density at radius 3 is 2.47 bits per heavy atom. The predicted molar refractivity (Wildman–Crippen MR) is 76.8 cm³/mol. The molecule has 0 aromatic heterocycles. The second-order valence-electron chi connectivity index (χ2n) is 5.94. The standard InChI is InChI=1S/C17H22N2/c18-14-17(19-12-6-7-13-19)11-5-4-10-16(17)15-8-2-1-3-9-15/h1-3,8-9,16H,4-7,10-13H2. The first-order valence-corrected chi connectivity index (χ1v) is 7.58. The number of nitrogens with zero attached hydrogens (tertiary/aromatic N) is 2. The van der Waals surface area contributed by atoms with Crippen LogP contribution in [-0.4, -0.2) is 23.5 Å². The normalized spacial score (nSPS) is 32.1. The summed E-state index contributed by atoms with van der Waals surface area (Å²) in [5.41, 5.74) is 1.12. The molecule has 100 valence electrons. The topological polar surface area (TPSA) is 27.0 Å². The molecule has 1 heterocycles. The monoisotopic (exact) mass is 254 g/mol. The van der Waals surface area contributed by atoms with Crippen LogP contribution in [0.3, 0.4) is 0 Å². The minimum Gasteiger partial charge on any atom is -0.285 e. The van der Waals surface area contributed by atoms with Gasteiger partial charge in [-0.25, -0.2) is 0 Å². The van der Waals surface area contributed by atoms with Crippen LogP contribution in [0.25, 0.3) is 0 Å². The number of hydrogen-bond acceptors (Lipinski definition) is 2. The van der Waals surface area contributed by atoms with E-state index in [2.05, 4.69) is 41.3 Å². The fourth-order valence-corrected chi connectivity index (χ4v) is 3.98. The number of likely N-dealkylation sites (tertiary alicyclic amines) is 1. The van der Waals surface area contributed by atoms with Crippen molar-refractivity contribution in [3.8, 4) is 6.07 Å². The Morgan fingerprint density at radius 2 is 1.79 bits per heavy atom. The highest BCUT2D eigenvalue weighted by atomic mass is 15.2. The van der Waals surface area contributed by atoms with Crippen molar-refractivity contribution >= 4 is 0 Å². The van der Waals surface area contributed by atoms with Gasteiger partial charge < -0.3 is 0 Å². The van der Waals surface area contributed by atoms with Crippen molar-refractivity contribution in [1.82, 2.24) is 4.90 Å². The third-order valence-electron chi connectivity index (χ3n) is 4.94. The molecule has 1 aromatic carbocycles. The van der Waals surface area contributed by atoms with Gasteiger partial charge >= 0.3 is 0 Å². The fraction of sp³-hybridized carbons (Fsp3) is 0.588. The van der Waals surface area contributed by atoms with E-state index in [-0.39, 0.29) is 5.54 Å². The van der Waals surface area contributed by atoms with E-state index < -0.39 is 0 Å². The quantitative estimate of drug-likeness (QED) is 0.804. The second kappa shape index (κ2) is 5.35. The molecular formula is C17H22N2. The largest absolute Gasteiger partial charge is 0.285 e. The number of benzene rings is 1. The van der Waals surface area contributed by atoms with Crippen LogP contribution in [0.4, 0.5) is 0 Å². The summed E-state index contributed by atoms with van der Waals surface area (Å²) in [7, 11) is 0. The highest BCUT2D eigenvalue weighted by Gasteiger charge is 2.47. The van der Waals surface area contributed by atoms with Crippen LogP contribution < -0.4 is 0 Å². The van der Waals surface area contributed by atoms with Crippen LogP contribution in [-0.2, 0) is 0 Å². The summed E-state index contributed by atoms with van der Waals surface area (Å²) in [4.78, 5) is 2.48. The predicted octanol–water partition coefficient (Wildman–Crippen LogP) is 3.70. The summed E-state index contributed by atoms with van der Waals surface area (Å²) >= 11 is 0. The molecule has 1 aromatic rings. The Kier molecular flexibility index (Phi) is 3.57. The van der Waals surface area contributed by atoms with Gasteiger partial charge in [-0.3, -0.25) is 4.90 Å². The van der Waals surface area contributed by atoms with E-state index in [1.54, 1.807) is 0 Å². The molecule has 1 saturated carbocycles. The Morgan fingerprint density at radius 1 is 1.05 bits per heavy atom. The van der Waals surface area contributed by atoms with Gasteiger partial charge in [0.2, 0.25) is 0 Å². The van der Waals surface area contributed by atoms with Crippen LogP contribution in [0.5, 0.6) is 0 Å². The van der Waals surface area contributed by atoms with E-state index in [1.807, 2.05) is 0 Å². The maximum Gasteiger partial charge on any atom is 0.116 e. The van der Waals surface area contributed by atoms with Crippen LogP contribution in [0.2, 0.25) is 0 Å². The average Bonchev–Trinajstić information content (AvgIpc) is 3.03. The Labute approximate surface area is 116 Å². The summed E-state index contributed by atoms with van der Waals surface area (Å²) in [5, 5.41) is 9.94. The molecule has 0 N–H and O–H groups in total. The second-order valence-corrected chi connectivity index (χ2v) is 5.94. The van der Waals surface area contributed by atoms with Gasteiger partial charge in [-0.15, -0.1) is 0 Å². The van der Waals surface area contributed by atoms with Gasteiger partial charge in [0.1, 0.15) is 5.54 Å². The Bertz CT molecular complexity index is 456. The number of nitriles is 1. The first-order chi connectivity index (χ1) is 9.37. The van der Waals surface area contributed by atoms with Crippen molar-refractivity contribution in [2.75, 3.05) is 13.1 Å². The Balaban J connectivity index is 1.97. The lowest BCUT2D eigenvalue weighted by molar-refractivity contribution is 0.102. The van der Waals surface area contributed by atoms with Crippen LogP contribution in [0.15, 0.2) is 30.3 Å². The van der Waals surface area contributed by atoms with Gasteiger partial charge in [-0.1, -0.05) is 43.2 Å². The zero-order valence-electron chi connectivity index (χ0n) is 11.5. The molecule has 2 atom stereocenters. The van der Waals surface area contributed by atoms with Gasteiger partial charge in [-0.05, 0) is 44.3 Å². The number of hydrogen-bond donors (Lipinski definition) is 0. The third-order valence-corrected chi connectivity index (χ3v) is 4.94. The van der Waals surface area contributed by atoms with Crippen molar-refractivity contribution in [2.45, 2.75) is 50.0 Å². The highest BCUT2D eigenvalue weighted by molar-refractivity contribution is 5.30. The molecule has 3 rings (SSSR count).